The van der Waals surface area contributed by atoms with Crippen molar-refractivity contribution in [2.75, 3.05) is 44.7 Å². The number of sulfonamides is 1. The molecule has 1 amide bonds. The van der Waals surface area contributed by atoms with Gasteiger partial charge in [0, 0.05) is 74.2 Å². The zero-order chi connectivity index (χ0) is 40.2. The van der Waals surface area contributed by atoms with Gasteiger partial charge in [0.2, 0.25) is 0 Å². The van der Waals surface area contributed by atoms with E-state index in [1.807, 2.05) is 18.2 Å². The molecule has 58 heavy (non-hydrogen) atoms. The summed E-state index contributed by atoms with van der Waals surface area (Å²) in [5, 5.41) is 13.4. The molecule has 0 radical (unpaired) electrons. The fourth-order valence-corrected chi connectivity index (χ4v) is 10.1. The van der Waals surface area contributed by atoms with Gasteiger partial charge in [0.1, 0.15) is 17.1 Å². The predicted molar refractivity (Wildman–Crippen MR) is 223 cm³/mol. The number of likely N-dealkylation sites (N-methyl/N-ethyl adjacent to an activating group) is 1. The van der Waals surface area contributed by atoms with Crippen LogP contribution in [0.2, 0.25) is 5.02 Å². The van der Waals surface area contributed by atoms with Gasteiger partial charge in [0.05, 0.1) is 34.0 Å². The van der Waals surface area contributed by atoms with Crippen molar-refractivity contribution in [3.63, 3.8) is 0 Å². The van der Waals surface area contributed by atoms with Crippen molar-refractivity contribution in [1.82, 2.24) is 24.5 Å². The molecule has 0 bridgehead atoms. The molecule has 2 unspecified atom stereocenters. The Labute approximate surface area is 341 Å². The number of aliphatic imine (C=N–C) groups is 1. The van der Waals surface area contributed by atoms with Crippen LogP contribution in [0, 0.1) is 15.5 Å². The monoisotopic (exact) mass is 822 g/mol. The number of allylic oxidation sites excluding steroid dienone is 2. The third-order valence-corrected chi connectivity index (χ3v) is 14.0. The molecule has 2 atom stereocenters. The number of H-pyrrole nitrogens is 1. The lowest BCUT2D eigenvalue weighted by molar-refractivity contribution is -0.430. The molecule has 3 aliphatic carbocycles. The molecule has 16 heteroatoms. The number of hydrogen-bond donors (Lipinski definition) is 2. The number of hydrogen-bond acceptors (Lipinski definition) is 11. The summed E-state index contributed by atoms with van der Waals surface area (Å²) in [6.45, 7) is 4.07. The van der Waals surface area contributed by atoms with Gasteiger partial charge < -0.3 is 19.5 Å². The SMILES string of the molecule is CN1C=NC2C([N+](=O)[O-])=CC(S(=O)(=O)NC(=O)c3ccc(N4CCN(CC5=C(c6ccc(Cl)cc6)CC6(CCC6)CC5)CC4)cc3Oc3cnc4[nH]ccc4c3)=CC21. The van der Waals surface area contributed by atoms with Crippen LogP contribution in [0.25, 0.3) is 16.6 Å². The minimum absolute atomic E-state index is 0.0302. The van der Waals surface area contributed by atoms with E-state index < -0.39 is 37.8 Å². The lowest BCUT2D eigenvalue weighted by atomic mass is 9.59. The molecule has 2 fully saturated rings. The molecule has 4 heterocycles. The van der Waals surface area contributed by atoms with E-state index in [4.69, 9.17) is 16.3 Å². The van der Waals surface area contributed by atoms with Gasteiger partial charge >= 0.3 is 0 Å². The number of benzene rings is 2. The standard InChI is InChI=1S/C42H43ClN8O6S/c1-48-26-46-39-36(48)21-33(22-37(39)51(53)54)58(55,56)47-41(52)34-8-7-31(20-38(34)57-32-19-28-10-14-44-40(28)45-24-32)50-17-15-49(16-18-50)25-29-9-13-42(11-2-12-42)23-35(29)27-3-5-30(43)6-4-27/h3-8,10,14,19-22,24,26,36,39H,2,9,11-13,15-18,23,25H2,1H3,(H,44,45)(H,47,52). The number of carbonyl (C=O) groups is 1. The first-order valence-electron chi connectivity index (χ1n) is 19.5. The van der Waals surface area contributed by atoms with Gasteiger partial charge in [-0.25, -0.2) is 18.1 Å². The average molecular weight is 823 g/mol. The van der Waals surface area contributed by atoms with E-state index in [2.05, 4.69) is 41.6 Å². The van der Waals surface area contributed by atoms with Gasteiger partial charge in [-0.15, -0.1) is 0 Å². The lowest BCUT2D eigenvalue weighted by Gasteiger charge is -2.47. The van der Waals surface area contributed by atoms with Crippen molar-refractivity contribution in [2.45, 2.75) is 50.6 Å². The van der Waals surface area contributed by atoms with Gasteiger partial charge in [0.15, 0.2) is 6.04 Å². The van der Waals surface area contributed by atoms with Gasteiger partial charge in [-0.1, -0.05) is 35.7 Å². The molecule has 9 rings (SSSR count). The number of rotatable bonds is 10. The average Bonchev–Trinajstić information content (AvgIpc) is 3.83. The van der Waals surface area contributed by atoms with Crippen LogP contribution in [0.1, 0.15) is 54.4 Å². The van der Waals surface area contributed by atoms with E-state index >= 15 is 0 Å². The summed E-state index contributed by atoms with van der Waals surface area (Å²) >= 11 is 6.27. The van der Waals surface area contributed by atoms with E-state index in [0.29, 0.717) is 16.8 Å². The number of fused-ring (bicyclic) bond motifs is 2. The Kier molecular flexibility index (Phi) is 9.85. The molecule has 1 saturated heterocycles. The highest BCUT2D eigenvalue weighted by Gasteiger charge is 2.43. The third kappa shape index (κ3) is 7.38. The molecule has 2 aliphatic heterocycles. The number of anilines is 1. The number of amides is 1. The van der Waals surface area contributed by atoms with Crippen LogP contribution in [0.4, 0.5) is 5.69 Å². The molecule has 5 aliphatic rings. The first kappa shape index (κ1) is 38.0. The van der Waals surface area contributed by atoms with Crippen LogP contribution in [0.5, 0.6) is 11.5 Å². The van der Waals surface area contributed by atoms with Gasteiger partial charge in [0.25, 0.3) is 21.6 Å². The number of carbonyl (C=O) groups excluding carboxylic acids is 1. The number of piperazine rings is 1. The Morgan fingerprint density at radius 1 is 1.09 bits per heavy atom. The van der Waals surface area contributed by atoms with Crippen molar-refractivity contribution >= 4 is 56.2 Å². The van der Waals surface area contributed by atoms with Crippen LogP contribution in [0.15, 0.2) is 100 Å². The summed E-state index contributed by atoms with van der Waals surface area (Å²) < 4.78 is 35.8. The van der Waals surface area contributed by atoms with Crippen LogP contribution >= 0.6 is 11.6 Å². The second-order valence-corrected chi connectivity index (χ2v) is 18.1. The Balaban J connectivity index is 0.950. The normalized spacial score (nSPS) is 21.8. The van der Waals surface area contributed by atoms with E-state index in [1.165, 1.54) is 61.0 Å². The van der Waals surface area contributed by atoms with Crippen molar-refractivity contribution in [2.24, 2.45) is 10.4 Å². The van der Waals surface area contributed by atoms with Crippen molar-refractivity contribution in [3.8, 4) is 11.5 Å². The maximum Gasteiger partial charge on any atom is 0.274 e. The van der Waals surface area contributed by atoms with E-state index in [1.54, 1.807) is 42.4 Å². The summed E-state index contributed by atoms with van der Waals surface area (Å²) in [6.07, 6.45) is 14.5. The first-order valence-corrected chi connectivity index (χ1v) is 21.4. The van der Waals surface area contributed by atoms with E-state index in [-0.39, 0.29) is 17.0 Å². The van der Waals surface area contributed by atoms with Crippen molar-refractivity contribution in [3.05, 3.63) is 122 Å². The molecule has 4 aromatic rings. The third-order valence-electron chi connectivity index (χ3n) is 12.4. The van der Waals surface area contributed by atoms with Crippen LogP contribution in [-0.2, 0) is 10.0 Å². The van der Waals surface area contributed by atoms with Gasteiger partial charge in [-0.2, -0.15) is 0 Å². The fraction of sp³-hybridized carbons (Fsp3) is 0.357. The number of nitrogens with zero attached hydrogens (tertiary/aromatic N) is 6. The Bertz CT molecular complexity index is 2540. The Hall–Kier alpha value is -5.51. The molecule has 300 valence electrons. The molecule has 2 N–H and O–H groups in total. The van der Waals surface area contributed by atoms with Gasteiger partial charge in [-0.3, -0.25) is 24.8 Å². The highest BCUT2D eigenvalue weighted by Crippen LogP contribution is 2.55. The zero-order valence-electron chi connectivity index (χ0n) is 31.9. The number of halogens is 1. The predicted octanol–water partition coefficient (Wildman–Crippen LogP) is 6.77. The maximum atomic E-state index is 13.9. The molecule has 2 aromatic carbocycles. The topological polar surface area (TPSA) is 166 Å². The number of aromatic nitrogens is 2. The maximum absolute atomic E-state index is 13.9. The van der Waals surface area contributed by atoms with E-state index in [9.17, 15) is 23.3 Å². The minimum atomic E-state index is -4.55. The van der Waals surface area contributed by atoms with Crippen LogP contribution < -0.4 is 14.4 Å². The first-order chi connectivity index (χ1) is 27.9. The summed E-state index contributed by atoms with van der Waals surface area (Å²) in [5.41, 5.74) is 5.80. The number of nitrogens with one attached hydrogen (secondary N) is 2. The Morgan fingerprint density at radius 3 is 2.62 bits per heavy atom. The number of ether oxygens (including phenoxy) is 1. The van der Waals surface area contributed by atoms with Crippen LogP contribution in [0.3, 0.4) is 0 Å². The van der Waals surface area contributed by atoms with Gasteiger partial charge in [-0.05, 0) is 91.1 Å². The fourth-order valence-electron chi connectivity index (χ4n) is 8.94. The number of pyridine rings is 1. The molecule has 1 saturated carbocycles. The smallest absolute Gasteiger partial charge is 0.274 e. The molecule has 1 spiro atoms. The molecular formula is C42H43ClN8O6S. The minimum Gasteiger partial charge on any atom is -0.455 e. The summed E-state index contributed by atoms with van der Waals surface area (Å²) in [5.74, 6) is -0.453. The second kappa shape index (κ2) is 15.0. The van der Waals surface area contributed by atoms with Crippen molar-refractivity contribution in [1.29, 1.82) is 0 Å². The molecular weight excluding hydrogens is 780 g/mol. The zero-order valence-corrected chi connectivity index (χ0v) is 33.5. The highest BCUT2D eigenvalue weighted by molar-refractivity contribution is 7.94. The summed E-state index contributed by atoms with van der Waals surface area (Å²) in [6, 6.07) is 15.5. The second-order valence-electron chi connectivity index (χ2n) is 15.9. The molecule has 14 nitrogen and oxygen atoms in total. The largest absolute Gasteiger partial charge is 0.455 e. The van der Waals surface area contributed by atoms with Crippen molar-refractivity contribution < 1.29 is 22.9 Å². The Morgan fingerprint density at radius 2 is 1.88 bits per heavy atom. The quantitative estimate of drug-likeness (QED) is 0.129. The number of nitro groups is 1. The lowest BCUT2D eigenvalue weighted by Crippen LogP contribution is -2.47. The van der Waals surface area contributed by atoms with E-state index in [0.717, 1.165) is 67.7 Å². The van der Waals surface area contributed by atoms with Crippen LogP contribution in [-0.4, -0.2) is 97.2 Å². The molecule has 2 aromatic heterocycles. The summed E-state index contributed by atoms with van der Waals surface area (Å²) in [7, 11) is -2.90. The number of aromatic amines is 1. The highest BCUT2D eigenvalue weighted by atomic mass is 35.5. The summed E-state index contributed by atoms with van der Waals surface area (Å²) in [4.78, 5) is 42.7.